The molecular formula is C24H22N2O2. The normalized spacial score (nSPS) is 10.9. The highest BCUT2D eigenvalue weighted by Crippen LogP contribution is 2.19. The second-order valence-electron chi connectivity index (χ2n) is 6.81. The smallest absolute Gasteiger partial charge is 0.251 e. The molecule has 1 aromatic heterocycles. The Morgan fingerprint density at radius 1 is 0.929 bits per heavy atom. The molecule has 0 fully saturated rings. The van der Waals surface area contributed by atoms with Crippen LogP contribution in [0.2, 0.25) is 0 Å². The first-order valence-corrected chi connectivity index (χ1v) is 9.50. The average Bonchev–Trinajstić information content (AvgIpc) is 3.14. The van der Waals surface area contributed by atoms with E-state index in [-0.39, 0.29) is 5.91 Å². The summed E-state index contributed by atoms with van der Waals surface area (Å²) in [4.78, 5) is 17.0. The number of amides is 1. The molecule has 0 saturated carbocycles. The first kappa shape index (κ1) is 18.0. The summed E-state index contributed by atoms with van der Waals surface area (Å²) in [7, 11) is 0. The number of hydrogen-bond acceptors (Lipinski definition) is 3. The maximum absolute atomic E-state index is 12.5. The monoisotopic (exact) mass is 370 g/mol. The molecule has 0 spiro atoms. The van der Waals surface area contributed by atoms with Gasteiger partial charge in [0.2, 0.25) is 0 Å². The molecule has 1 heterocycles. The summed E-state index contributed by atoms with van der Waals surface area (Å²) in [5.74, 6) is 0.525. The van der Waals surface area contributed by atoms with E-state index in [9.17, 15) is 4.79 Å². The topological polar surface area (TPSA) is 55.1 Å². The van der Waals surface area contributed by atoms with Gasteiger partial charge in [0.15, 0.2) is 11.5 Å². The van der Waals surface area contributed by atoms with Gasteiger partial charge in [0.25, 0.3) is 5.91 Å². The number of aromatic nitrogens is 1. The number of aryl methyl sites for hydroxylation is 1. The third-order valence-electron chi connectivity index (χ3n) is 4.78. The lowest BCUT2D eigenvalue weighted by Crippen LogP contribution is -2.22. The number of nitrogens with one attached hydrogen (secondary N) is 1. The van der Waals surface area contributed by atoms with Crippen molar-refractivity contribution in [1.82, 2.24) is 10.3 Å². The van der Waals surface area contributed by atoms with Gasteiger partial charge in [-0.25, -0.2) is 4.98 Å². The molecule has 0 saturated heterocycles. The van der Waals surface area contributed by atoms with E-state index >= 15 is 0 Å². The minimum absolute atomic E-state index is 0.123. The standard InChI is InChI=1S/C24H22N2O2/c1-2-17-8-10-19(11-9-17)16-25-24(27)20-12-13-21-22(15-20)28-23(26-21)14-18-6-4-3-5-7-18/h3-13,15H,2,14,16H2,1H3,(H,25,27). The fraction of sp³-hybridized carbons (Fsp3) is 0.167. The van der Waals surface area contributed by atoms with Crippen molar-refractivity contribution >= 4 is 17.0 Å². The third-order valence-corrected chi connectivity index (χ3v) is 4.78. The van der Waals surface area contributed by atoms with Crippen LogP contribution in [0.5, 0.6) is 0 Å². The molecule has 0 unspecified atom stereocenters. The van der Waals surface area contributed by atoms with Crippen molar-refractivity contribution in [3.8, 4) is 0 Å². The van der Waals surface area contributed by atoms with Gasteiger partial charge in [-0.1, -0.05) is 61.5 Å². The predicted octanol–water partition coefficient (Wildman–Crippen LogP) is 4.91. The predicted molar refractivity (Wildman–Crippen MR) is 110 cm³/mol. The molecule has 0 bridgehead atoms. The van der Waals surface area contributed by atoms with Crippen LogP contribution < -0.4 is 5.32 Å². The number of hydrogen-bond donors (Lipinski definition) is 1. The van der Waals surface area contributed by atoms with Crippen molar-refractivity contribution in [3.05, 3.63) is 101 Å². The Labute approximate surface area is 164 Å². The van der Waals surface area contributed by atoms with Crippen molar-refractivity contribution in [2.45, 2.75) is 26.3 Å². The van der Waals surface area contributed by atoms with Gasteiger partial charge < -0.3 is 9.73 Å². The van der Waals surface area contributed by atoms with Crippen LogP contribution in [-0.4, -0.2) is 10.9 Å². The van der Waals surface area contributed by atoms with E-state index in [1.54, 1.807) is 12.1 Å². The maximum atomic E-state index is 12.5. The summed E-state index contributed by atoms with van der Waals surface area (Å²) in [6.07, 6.45) is 1.64. The van der Waals surface area contributed by atoms with Gasteiger partial charge in [-0.3, -0.25) is 4.79 Å². The number of oxazole rings is 1. The highest BCUT2D eigenvalue weighted by atomic mass is 16.3. The van der Waals surface area contributed by atoms with Gasteiger partial charge >= 0.3 is 0 Å². The summed E-state index contributed by atoms with van der Waals surface area (Å²) in [6, 6.07) is 23.7. The van der Waals surface area contributed by atoms with Crippen LogP contribution >= 0.6 is 0 Å². The molecular weight excluding hydrogens is 348 g/mol. The van der Waals surface area contributed by atoms with Crippen molar-refractivity contribution in [1.29, 1.82) is 0 Å². The molecule has 140 valence electrons. The largest absolute Gasteiger partial charge is 0.440 e. The zero-order chi connectivity index (χ0) is 19.3. The molecule has 3 aromatic carbocycles. The molecule has 28 heavy (non-hydrogen) atoms. The van der Waals surface area contributed by atoms with Crippen LogP contribution in [-0.2, 0) is 19.4 Å². The Bertz CT molecular complexity index is 1080. The molecule has 0 aliphatic carbocycles. The minimum atomic E-state index is -0.123. The number of carbonyl (C=O) groups excluding carboxylic acids is 1. The zero-order valence-electron chi connectivity index (χ0n) is 15.8. The third kappa shape index (κ3) is 4.12. The fourth-order valence-corrected chi connectivity index (χ4v) is 3.14. The number of nitrogens with zero attached hydrogens (tertiary/aromatic N) is 1. The number of fused-ring (bicyclic) bond motifs is 1. The lowest BCUT2D eigenvalue weighted by Gasteiger charge is -2.06. The molecule has 4 rings (SSSR count). The quantitative estimate of drug-likeness (QED) is 0.525. The van der Waals surface area contributed by atoms with E-state index in [0.717, 1.165) is 23.1 Å². The zero-order valence-corrected chi connectivity index (χ0v) is 15.8. The van der Waals surface area contributed by atoms with E-state index in [0.29, 0.717) is 30.0 Å². The van der Waals surface area contributed by atoms with Gasteiger partial charge in [-0.2, -0.15) is 0 Å². The SMILES string of the molecule is CCc1ccc(CNC(=O)c2ccc3nc(Cc4ccccc4)oc3c2)cc1. The molecule has 4 nitrogen and oxygen atoms in total. The molecule has 1 N–H and O–H groups in total. The van der Waals surface area contributed by atoms with Crippen molar-refractivity contribution < 1.29 is 9.21 Å². The Hall–Kier alpha value is -3.40. The summed E-state index contributed by atoms with van der Waals surface area (Å²) in [5, 5.41) is 2.96. The fourth-order valence-electron chi connectivity index (χ4n) is 3.14. The van der Waals surface area contributed by atoms with Gasteiger partial charge in [0, 0.05) is 18.5 Å². The van der Waals surface area contributed by atoms with Crippen LogP contribution in [0.4, 0.5) is 0 Å². The van der Waals surface area contributed by atoms with Crippen molar-refractivity contribution in [2.24, 2.45) is 0 Å². The summed E-state index contributed by atoms with van der Waals surface area (Å²) in [6.45, 7) is 2.62. The van der Waals surface area contributed by atoms with Gasteiger partial charge in [-0.15, -0.1) is 0 Å². The van der Waals surface area contributed by atoms with Gasteiger partial charge in [0.1, 0.15) is 5.52 Å². The minimum Gasteiger partial charge on any atom is -0.440 e. The van der Waals surface area contributed by atoms with E-state index in [2.05, 4.69) is 41.5 Å². The van der Waals surface area contributed by atoms with Crippen molar-refractivity contribution in [2.75, 3.05) is 0 Å². The lowest BCUT2D eigenvalue weighted by atomic mass is 10.1. The van der Waals surface area contributed by atoms with Crippen LogP contribution in [0.1, 0.15) is 39.9 Å². The lowest BCUT2D eigenvalue weighted by molar-refractivity contribution is 0.0951. The Kier molecular flexibility index (Phi) is 5.20. The Morgan fingerprint density at radius 2 is 1.68 bits per heavy atom. The van der Waals surface area contributed by atoms with Crippen LogP contribution in [0, 0.1) is 0 Å². The molecule has 0 atom stereocenters. The van der Waals surface area contributed by atoms with Crippen molar-refractivity contribution in [3.63, 3.8) is 0 Å². The van der Waals surface area contributed by atoms with E-state index in [4.69, 9.17) is 4.42 Å². The van der Waals surface area contributed by atoms with E-state index < -0.39 is 0 Å². The molecule has 0 aliphatic rings. The Balaban J connectivity index is 1.45. The first-order valence-electron chi connectivity index (χ1n) is 9.50. The molecule has 4 aromatic rings. The summed E-state index contributed by atoms with van der Waals surface area (Å²) in [5.41, 5.74) is 5.47. The highest BCUT2D eigenvalue weighted by Gasteiger charge is 2.11. The first-order chi connectivity index (χ1) is 13.7. The molecule has 1 amide bonds. The average molecular weight is 370 g/mol. The maximum Gasteiger partial charge on any atom is 0.251 e. The summed E-state index contributed by atoms with van der Waals surface area (Å²) >= 11 is 0. The number of benzene rings is 3. The van der Waals surface area contributed by atoms with E-state index in [1.807, 2.05) is 36.4 Å². The van der Waals surface area contributed by atoms with Crippen LogP contribution in [0.25, 0.3) is 11.1 Å². The summed E-state index contributed by atoms with van der Waals surface area (Å²) < 4.78 is 5.86. The number of rotatable bonds is 6. The second-order valence-corrected chi connectivity index (χ2v) is 6.81. The molecule has 0 radical (unpaired) electrons. The highest BCUT2D eigenvalue weighted by molar-refractivity contribution is 5.97. The van der Waals surface area contributed by atoms with Gasteiger partial charge in [-0.05, 0) is 41.3 Å². The molecule has 4 heteroatoms. The Morgan fingerprint density at radius 3 is 2.43 bits per heavy atom. The van der Waals surface area contributed by atoms with E-state index in [1.165, 1.54) is 5.56 Å². The van der Waals surface area contributed by atoms with Crippen LogP contribution in [0.15, 0.2) is 77.2 Å². The van der Waals surface area contributed by atoms with Crippen LogP contribution in [0.3, 0.4) is 0 Å². The second kappa shape index (κ2) is 8.09. The molecule has 0 aliphatic heterocycles. The van der Waals surface area contributed by atoms with Gasteiger partial charge in [0.05, 0.1) is 0 Å². The number of carbonyl (C=O) groups is 1.